The molecule has 2 heterocycles. The minimum atomic E-state index is -0.122. The number of carbonyl (C=O) groups is 1. The van der Waals surface area contributed by atoms with Crippen molar-refractivity contribution in [2.24, 2.45) is 0 Å². The first kappa shape index (κ1) is 18.0. The van der Waals surface area contributed by atoms with Gasteiger partial charge >= 0.3 is 0 Å². The number of aromatic nitrogens is 2. The molecule has 0 unspecified atom stereocenters. The van der Waals surface area contributed by atoms with Crippen LogP contribution in [0.25, 0.3) is 21.9 Å². The SMILES string of the molecule is CC(=O)N(c1ccccc1)c1nc(/C=C(\C#N)c2nc3ccccc3s2)cs1. The Labute approximate surface area is 169 Å². The Hall–Kier alpha value is -3.34. The Balaban J connectivity index is 1.69. The molecular weight excluding hydrogens is 388 g/mol. The summed E-state index contributed by atoms with van der Waals surface area (Å²) in [7, 11) is 0. The van der Waals surface area contributed by atoms with Gasteiger partial charge in [-0.05, 0) is 30.3 Å². The average Bonchev–Trinajstić information content (AvgIpc) is 3.33. The number of nitrogens with zero attached hydrogens (tertiary/aromatic N) is 4. The molecule has 136 valence electrons. The van der Waals surface area contributed by atoms with E-state index < -0.39 is 0 Å². The van der Waals surface area contributed by atoms with E-state index >= 15 is 0 Å². The van der Waals surface area contributed by atoms with E-state index in [-0.39, 0.29) is 5.91 Å². The lowest BCUT2D eigenvalue weighted by molar-refractivity contribution is -0.115. The number of benzene rings is 2. The molecule has 0 aliphatic rings. The molecule has 4 rings (SSSR count). The Morgan fingerprint density at radius 2 is 1.86 bits per heavy atom. The third-order valence-electron chi connectivity index (χ3n) is 3.97. The predicted molar refractivity (Wildman–Crippen MR) is 114 cm³/mol. The number of anilines is 2. The Morgan fingerprint density at radius 3 is 2.57 bits per heavy atom. The highest BCUT2D eigenvalue weighted by atomic mass is 32.1. The summed E-state index contributed by atoms with van der Waals surface area (Å²) in [5.41, 5.74) is 2.70. The molecule has 1 amide bonds. The van der Waals surface area contributed by atoms with Crippen LogP contribution in [0.5, 0.6) is 0 Å². The topological polar surface area (TPSA) is 69.9 Å². The van der Waals surface area contributed by atoms with Crippen LogP contribution in [0.3, 0.4) is 0 Å². The van der Waals surface area contributed by atoms with Crippen molar-refractivity contribution in [1.82, 2.24) is 9.97 Å². The summed E-state index contributed by atoms with van der Waals surface area (Å²) in [5, 5.41) is 12.7. The number of rotatable bonds is 4. The van der Waals surface area contributed by atoms with E-state index in [0.29, 0.717) is 21.4 Å². The number of thiazole rings is 2. The van der Waals surface area contributed by atoms with Crippen molar-refractivity contribution in [1.29, 1.82) is 5.26 Å². The second-order valence-corrected chi connectivity index (χ2v) is 7.77. The Kier molecular flexibility index (Phi) is 4.98. The van der Waals surface area contributed by atoms with Crippen molar-refractivity contribution in [2.45, 2.75) is 6.92 Å². The standard InChI is InChI=1S/C21H14N4OS2/c1-14(26)25(17-7-3-2-4-8-17)21-23-16(13-27-21)11-15(12-22)20-24-18-9-5-6-10-19(18)28-20/h2-11,13H,1H3/b15-11+. The largest absolute Gasteiger partial charge is 0.274 e. The average molecular weight is 403 g/mol. The fourth-order valence-corrected chi connectivity index (χ4v) is 4.50. The van der Waals surface area contributed by atoms with E-state index in [2.05, 4.69) is 16.0 Å². The molecule has 4 aromatic rings. The Bertz CT molecular complexity index is 1180. The highest BCUT2D eigenvalue weighted by Crippen LogP contribution is 2.31. The molecule has 7 heteroatoms. The molecule has 28 heavy (non-hydrogen) atoms. The third kappa shape index (κ3) is 3.56. The van der Waals surface area contributed by atoms with Crippen LogP contribution in [-0.4, -0.2) is 15.9 Å². The minimum Gasteiger partial charge on any atom is -0.274 e. The molecule has 0 spiro atoms. The fraction of sp³-hybridized carbons (Fsp3) is 0.0476. The van der Waals surface area contributed by atoms with Crippen molar-refractivity contribution in [3.8, 4) is 6.07 Å². The molecule has 2 aromatic carbocycles. The van der Waals surface area contributed by atoms with E-state index in [0.717, 1.165) is 15.9 Å². The lowest BCUT2D eigenvalue weighted by Crippen LogP contribution is -2.22. The second-order valence-electron chi connectivity index (χ2n) is 5.90. The van der Waals surface area contributed by atoms with Gasteiger partial charge in [-0.2, -0.15) is 5.26 Å². The first-order chi connectivity index (χ1) is 13.7. The molecule has 0 fully saturated rings. The quantitative estimate of drug-likeness (QED) is 0.423. The van der Waals surface area contributed by atoms with Crippen LogP contribution in [0, 0.1) is 11.3 Å². The van der Waals surface area contributed by atoms with Crippen LogP contribution < -0.4 is 4.90 Å². The van der Waals surface area contributed by atoms with E-state index in [1.165, 1.54) is 29.6 Å². The van der Waals surface area contributed by atoms with Gasteiger partial charge in [-0.3, -0.25) is 9.69 Å². The predicted octanol–water partition coefficient (Wildman–Crippen LogP) is 5.50. The maximum atomic E-state index is 12.2. The first-order valence-electron chi connectivity index (χ1n) is 8.45. The molecule has 0 radical (unpaired) electrons. The smallest absolute Gasteiger partial charge is 0.230 e. The van der Waals surface area contributed by atoms with Crippen LogP contribution in [0.1, 0.15) is 17.6 Å². The monoisotopic (exact) mass is 402 g/mol. The number of hydrogen-bond donors (Lipinski definition) is 0. The van der Waals surface area contributed by atoms with Crippen molar-refractivity contribution >= 4 is 61.3 Å². The molecular formula is C21H14N4OS2. The van der Waals surface area contributed by atoms with Crippen molar-refractivity contribution in [2.75, 3.05) is 4.90 Å². The van der Waals surface area contributed by atoms with Gasteiger partial charge in [0.1, 0.15) is 11.1 Å². The van der Waals surface area contributed by atoms with Gasteiger partial charge in [-0.15, -0.1) is 22.7 Å². The zero-order valence-electron chi connectivity index (χ0n) is 14.9. The maximum Gasteiger partial charge on any atom is 0.230 e. The summed E-state index contributed by atoms with van der Waals surface area (Å²) in [6, 6.07) is 19.4. The summed E-state index contributed by atoms with van der Waals surface area (Å²) in [5.74, 6) is -0.122. The number of nitriles is 1. The normalized spacial score (nSPS) is 11.4. The van der Waals surface area contributed by atoms with E-state index in [1.54, 1.807) is 11.0 Å². The fourth-order valence-electron chi connectivity index (χ4n) is 2.73. The summed E-state index contributed by atoms with van der Waals surface area (Å²) in [6.07, 6.45) is 1.71. The number of allylic oxidation sites excluding steroid dienone is 1. The van der Waals surface area contributed by atoms with Gasteiger partial charge in [0.05, 0.1) is 27.2 Å². The molecule has 0 saturated carbocycles. The summed E-state index contributed by atoms with van der Waals surface area (Å²) in [6.45, 7) is 1.51. The van der Waals surface area contributed by atoms with Gasteiger partial charge in [-0.25, -0.2) is 9.97 Å². The molecule has 0 atom stereocenters. The summed E-state index contributed by atoms with van der Waals surface area (Å²) >= 11 is 2.83. The molecule has 0 bridgehead atoms. The number of fused-ring (bicyclic) bond motifs is 1. The van der Waals surface area contributed by atoms with Gasteiger partial charge < -0.3 is 0 Å². The van der Waals surface area contributed by atoms with Crippen LogP contribution in [0.4, 0.5) is 10.8 Å². The van der Waals surface area contributed by atoms with Crippen molar-refractivity contribution in [3.05, 3.63) is 70.7 Å². The molecule has 0 aliphatic heterocycles. The van der Waals surface area contributed by atoms with Crippen LogP contribution in [0.15, 0.2) is 60.0 Å². The van der Waals surface area contributed by atoms with Crippen molar-refractivity contribution < 1.29 is 4.79 Å². The summed E-state index contributed by atoms with van der Waals surface area (Å²) < 4.78 is 1.03. The van der Waals surface area contributed by atoms with Gasteiger partial charge in [-0.1, -0.05) is 30.3 Å². The highest BCUT2D eigenvalue weighted by Gasteiger charge is 2.18. The highest BCUT2D eigenvalue weighted by molar-refractivity contribution is 7.19. The zero-order chi connectivity index (χ0) is 19.5. The maximum absolute atomic E-state index is 12.2. The zero-order valence-corrected chi connectivity index (χ0v) is 16.5. The minimum absolute atomic E-state index is 0.122. The summed E-state index contributed by atoms with van der Waals surface area (Å²) in [4.78, 5) is 22.8. The van der Waals surface area contributed by atoms with Crippen LogP contribution in [0.2, 0.25) is 0 Å². The van der Waals surface area contributed by atoms with Crippen LogP contribution in [-0.2, 0) is 4.79 Å². The van der Waals surface area contributed by atoms with E-state index in [4.69, 9.17) is 0 Å². The van der Waals surface area contributed by atoms with Gasteiger partial charge in [0.2, 0.25) is 5.91 Å². The van der Waals surface area contributed by atoms with Gasteiger partial charge in [0.25, 0.3) is 0 Å². The second kappa shape index (κ2) is 7.72. The van der Waals surface area contributed by atoms with E-state index in [9.17, 15) is 10.1 Å². The van der Waals surface area contributed by atoms with Gasteiger partial charge in [0, 0.05) is 12.3 Å². The number of amides is 1. The van der Waals surface area contributed by atoms with Crippen LogP contribution >= 0.6 is 22.7 Å². The van der Waals surface area contributed by atoms with Gasteiger partial charge in [0.15, 0.2) is 5.13 Å². The van der Waals surface area contributed by atoms with Crippen molar-refractivity contribution in [3.63, 3.8) is 0 Å². The molecule has 0 saturated heterocycles. The third-order valence-corrected chi connectivity index (χ3v) is 5.88. The molecule has 0 aliphatic carbocycles. The number of para-hydroxylation sites is 2. The lowest BCUT2D eigenvalue weighted by atomic mass is 10.2. The lowest BCUT2D eigenvalue weighted by Gasteiger charge is -2.17. The first-order valence-corrected chi connectivity index (χ1v) is 10.1. The molecule has 2 aromatic heterocycles. The number of hydrogen-bond acceptors (Lipinski definition) is 6. The van der Waals surface area contributed by atoms with E-state index in [1.807, 2.05) is 60.0 Å². The number of carbonyl (C=O) groups excluding carboxylic acids is 1. The molecule has 5 nitrogen and oxygen atoms in total. The molecule has 0 N–H and O–H groups in total. The Morgan fingerprint density at radius 1 is 1.11 bits per heavy atom.